The standard InChI is InChI=1S/C13H21BrN2O/c1-4-15-10(2)12-9-11(14)5-6-13(12)16(3)7-8-17/h5-6,9-10,15,17H,4,7-8H2,1-3H3. The third-order valence-corrected chi connectivity index (χ3v) is 3.31. The Morgan fingerprint density at radius 1 is 1.47 bits per heavy atom. The second-order valence-corrected chi connectivity index (χ2v) is 5.04. The summed E-state index contributed by atoms with van der Waals surface area (Å²) in [6.07, 6.45) is 0. The average Bonchev–Trinajstić information content (AvgIpc) is 2.29. The minimum Gasteiger partial charge on any atom is -0.395 e. The lowest BCUT2D eigenvalue weighted by atomic mass is 10.1. The van der Waals surface area contributed by atoms with Gasteiger partial charge in [0.2, 0.25) is 0 Å². The van der Waals surface area contributed by atoms with E-state index in [2.05, 4.69) is 52.1 Å². The zero-order valence-electron chi connectivity index (χ0n) is 10.7. The summed E-state index contributed by atoms with van der Waals surface area (Å²) in [6.45, 7) is 6.01. The molecule has 4 heteroatoms. The maximum Gasteiger partial charge on any atom is 0.0606 e. The number of anilines is 1. The van der Waals surface area contributed by atoms with Crippen molar-refractivity contribution in [3.8, 4) is 0 Å². The van der Waals surface area contributed by atoms with Crippen molar-refractivity contribution in [2.75, 3.05) is 31.6 Å². The molecule has 0 amide bonds. The first-order valence-corrected chi connectivity index (χ1v) is 6.74. The highest BCUT2D eigenvalue weighted by atomic mass is 79.9. The van der Waals surface area contributed by atoms with Gasteiger partial charge in [0.1, 0.15) is 0 Å². The van der Waals surface area contributed by atoms with Gasteiger partial charge < -0.3 is 15.3 Å². The highest BCUT2D eigenvalue weighted by Gasteiger charge is 2.13. The second kappa shape index (κ2) is 6.99. The average molecular weight is 301 g/mol. The number of aliphatic hydroxyl groups is 1. The van der Waals surface area contributed by atoms with E-state index in [4.69, 9.17) is 5.11 Å². The third-order valence-electron chi connectivity index (χ3n) is 2.81. The molecule has 0 bridgehead atoms. The Labute approximate surface area is 112 Å². The zero-order valence-corrected chi connectivity index (χ0v) is 12.3. The van der Waals surface area contributed by atoms with Gasteiger partial charge >= 0.3 is 0 Å². The molecule has 1 aromatic carbocycles. The molecule has 1 unspecified atom stereocenters. The minimum absolute atomic E-state index is 0.168. The molecular formula is C13H21BrN2O. The molecule has 0 saturated heterocycles. The molecule has 1 aromatic rings. The van der Waals surface area contributed by atoms with Crippen LogP contribution in [0.5, 0.6) is 0 Å². The van der Waals surface area contributed by atoms with Crippen LogP contribution in [0.3, 0.4) is 0 Å². The molecule has 0 heterocycles. The number of aliphatic hydroxyl groups excluding tert-OH is 1. The van der Waals surface area contributed by atoms with E-state index in [1.165, 1.54) is 5.56 Å². The number of hydrogen-bond donors (Lipinski definition) is 2. The molecule has 1 rings (SSSR count). The Bertz CT molecular complexity index is 357. The van der Waals surface area contributed by atoms with Crippen LogP contribution < -0.4 is 10.2 Å². The van der Waals surface area contributed by atoms with Crippen molar-refractivity contribution in [3.63, 3.8) is 0 Å². The van der Waals surface area contributed by atoms with Crippen molar-refractivity contribution < 1.29 is 5.11 Å². The van der Waals surface area contributed by atoms with Gasteiger partial charge in [0, 0.05) is 29.8 Å². The van der Waals surface area contributed by atoms with Crippen molar-refractivity contribution >= 4 is 21.6 Å². The maximum atomic E-state index is 9.02. The van der Waals surface area contributed by atoms with E-state index in [9.17, 15) is 0 Å². The maximum absolute atomic E-state index is 9.02. The largest absolute Gasteiger partial charge is 0.395 e. The monoisotopic (exact) mass is 300 g/mol. The fourth-order valence-corrected chi connectivity index (χ4v) is 2.29. The van der Waals surface area contributed by atoms with E-state index in [1.807, 2.05) is 13.1 Å². The molecule has 0 aromatic heterocycles. The van der Waals surface area contributed by atoms with Gasteiger partial charge in [0.25, 0.3) is 0 Å². The van der Waals surface area contributed by atoms with Gasteiger partial charge in [-0.1, -0.05) is 22.9 Å². The van der Waals surface area contributed by atoms with E-state index in [0.717, 1.165) is 16.7 Å². The first kappa shape index (κ1) is 14.5. The molecule has 17 heavy (non-hydrogen) atoms. The topological polar surface area (TPSA) is 35.5 Å². The van der Waals surface area contributed by atoms with Gasteiger partial charge in [-0.15, -0.1) is 0 Å². The summed E-state index contributed by atoms with van der Waals surface area (Å²) >= 11 is 3.51. The van der Waals surface area contributed by atoms with Crippen LogP contribution in [0.15, 0.2) is 22.7 Å². The van der Waals surface area contributed by atoms with E-state index < -0.39 is 0 Å². The molecule has 2 N–H and O–H groups in total. The lowest BCUT2D eigenvalue weighted by Crippen LogP contribution is -2.25. The van der Waals surface area contributed by atoms with Crippen molar-refractivity contribution in [3.05, 3.63) is 28.2 Å². The quantitative estimate of drug-likeness (QED) is 0.847. The number of benzene rings is 1. The molecule has 1 atom stereocenters. The summed E-state index contributed by atoms with van der Waals surface area (Å²) < 4.78 is 1.08. The summed E-state index contributed by atoms with van der Waals surface area (Å²) in [5, 5.41) is 12.4. The van der Waals surface area contributed by atoms with Crippen molar-refractivity contribution in [2.24, 2.45) is 0 Å². The van der Waals surface area contributed by atoms with E-state index in [1.54, 1.807) is 0 Å². The number of rotatable bonds is 6. The summed E-state index contributed by atoms with van der Waals surface area (Å²) in [5.41, 5.74) is 2.41. The first-order valence-electron chi connectivity index (χ1n) is 5.95. The predicted molar refractivity (Wildman–Crippen MR) is 76.6 cm³/mol. The number of hydrogen-bond acceptors (Lipinski definition) is 3. The molecule has 96 valence electrons. The Morgan fingerprint density at radius 3 is 2.76 bits per heavy atom. The highest BCUT2D eigenvalue weighted by Crippen LogP contribution is 2.28. The van der Waals surface area contributed by atoms with Crippen LogP contribution in [-0.2, 0) is 0 Å². The molecule has 0 aliphatic heterocycles. The molecule has 3 nitrogen and oxygen atoms in total. The van der Waals surface area contributed by atoms with E-state index >= 15 is 0 Å². The SMILES string of the molecule is CCNC(C)c1cc(Br)ccc1N(C)CCO. The zero-order chi connectivity index (χ0) is 12.8. The fourth-order valence-electron chi connectivity index (χ4n) is 1.91. The Balaban J connectivity index is 3.02. The smallest absolute Gasteiger partial charge is 0.0606 e. The Kier molecular flexibility index (Phi) is 5.95. The molecule has 0 spiro atoms. The lowest BCUT2D eigenvalue weighted by Gasteiger charge is -2.25. The van der Waals surface area contributed by atoms with Crippen LogP contribution >= 0.6 is 15.9 Å². The van der Waals surface area contributed by atoms with Gasteiger partial charge in [0.15, 0.2) is 0 Å². The molecule has 0 saturated carbocycles. The minimum atomic E-state index is 0.168. The summed E-state index contributed by atoms with van der Waals surface area (Å²) in [5.74, 6) is 0. The highest BCUT2D eigenvalue weighted by molar-refractivity contribution is 9.10. The van der Waals surface area contributed by atoms with E-state index in [-0.39, 0.29) is 6.61 Å². The fraction of sp³-hybridized carbons (Fsp3) is 0.538. The van der Waals surface area contributed by atoms with Crippen LogP contribution in [-0.4, -0.2) is 31.9 Å². The van der Waals surface area contributed by atoms with Crippen LogP contribution in [0.2, 0.25) is 0 Å². The van der Waals surface area contributed by atoms with Gasteiger partial charge in [-0.05, 0) is 37.2 Å². The van der Waals surface area contributed by atoms with E-state index in [0.29, 0.717) is 12.6 Å². The normalized spacial score (nSPS) is 12.5. The number of likely N-dealkylation sites (N-methyl/N-ethyl adjacent to an activating group) is 1. The second-order valence-electron chi connectivity index (χ2n) is 4.13. The van der Waals surface area contributed by atoms with Gasteiger partial charge in [-0.3, -0.25) is 0 Å². The summed E-state index contributed by atoms with van der Waals surface area (Å²) in [7, 11) is 2.00. The molecule has 0 radical (unpaired) electrons. The molecular weight excluding hydrogens is 280 g/mol. The third kappa shape index (κ3) is 3.98. The molecule has 0 fully saturated rings. The van der Waals surface area contributed by atoms with Crippen LogP contribution in [0, 0.1) is 0 Å². The first-order chi connectivity index (χ1) is 8.10. The predicted octanol–water partition coefficient (Wildman–Crippen LogP) is 2.55. The summed E-state index contributed by atoms with van der Waals surface area (Å²) in [6, 6.07) is 6.55. The van der Waals surface area contributed by atoms with Crippen LogP contribution in [0.1, 0.15) is 25.5 Å². The number of nitrogens with zero attached hydrogens (tertiary/aromatic N) is 1. The van der Waals surface area contributed by atoms with Gasteiger partial charge in [-0.25, -0.2) is 0 Å². The van der Waals surface area contributed by atoms with Crippen molar-refractivity contribution in [1.29, 1.82) is 0 Å². The van der Waals surface area contributed by atoms with Gasteiger partial charge in [0.05, 0.1) is 6.61 Å². The Hall–Kier alpha value is -0.580. The Morgan fingerprint density at radius 2 is 2.18 bits per heavy atom. The van der Waals surface area contributed by atoms with Crippen LogP contribution in [0.25, 0.3) is 0 Å². The lowest BCUT2D eigenvalue weighted by molar-refractivity contribution is 0.304. The number of nitrogens with one attached hydrogen (secondary N) is 1. The van der Waals surface area contributed by atoms with Gasteiger partial charge in [-0.2, -0.15) is 0 Å². The van der Waals surface area contributed by atoms with Crippen molar-refractivity contribution in [2.45, 2.75) is 19.9 Å². The number of halogens is 1. The summed E-state index contributed by atoms with van der Waals surface area (Å²) in [4.78, 5) is 2.08. The molecule has 0 aliphatic rings. The van der Waals surface area contributed by atoms with Crippen molar-refractivity contribution in [1.82, 2.24) is 5.32 Å². The van der Waals surface area contributed by atoms with Crippen LogP contribution in [0.4, 0.5) is 5.69 Å². The molecule has 0 aliphatic carbocycles.